The summed E-state index contributed by atoms with van der Waals surface area (Å²) in [6.45, 7) is -1.08. The normalized spacial score (nSPS) is 15.0. The van der Waals surface area contributed by atoms with Crippen molar-refractivity contribution in [1.82, 2.24) is 14.8 Å². The van der Waals surface area contributed by atoms with Crippen LogP contribution in [0.4, 0.5) is 13.2 Å². The zero-order valence-electron chi connectivity index (χ0n) is 12.8. The van der Waals surface area contributed by atoms with Gasteiger partial charge in [0.25, 0.3) is 0 Å². The number of ether oxygens (including phenoxy) is 1. The summed E-state index contributed by atoms with van der Waals surface area (Å²) in [5.74, 6) is 1.92. The molecule has 0 aliphatic heterocycles. The lowest BCUT2D eigenvalue weighted by Gasteiger charge is -2.09. The third kappa shape index (κ3) is 4.24. The van der Waals surface area contributed by atoms with E-state index in [0.717, 1.165) is 28.8 Å². The first kappa shape index (κ1) is 15.8. The molecule has 7 heteroatoms. The summed E-state index contributed by atoms with van der Waals surface area (Å²) in [6.07, 6.45) is -1.35. The molecule has 4 nitrogen and oxygen atoms in total. The van der Waals surface area contributed by atoms with E-state index < -0.39 is 12.7 Å². The topological polar surface area (TPSA) is 39.9 Å². The predicted octanol–water partition coefficient (Wildman–Crippen LogP) is 3.51. The molecule has 0 bridgehead atoms. The average Bonchev–Trinajstić information content (AvgIpc) is 3.27. The maximum Gasteiger partial charge on any atom is 0.408 e. The van der Waals surface area contributed by atoms with Gasteiger partial charge >= 0.3 is 6.18 Å². The van der Waals surface area contributed by atoms with Gasteiger partial charge in [0.2, 0.25) is 0 Å². The number of hydrogen-bond acceptors (Lipinski definition) is 3. The van der Waals surface area contributed by atoms with Gasteiger partial charge in [0, 0.05) is 12.3 Å². The zero-order valence-corrected chi connectivity index (χ0v) is 12.8. The molecule has 1 aliphatic carbocycles. The smallest absolute Gasteiger partial charge is 0.408 e. The van der Waals surface area contributed by atoms with Gasteiger partial charge in [0.1, 0.15) is 18.1 Å². The third-order valence-corrected chi connectivity index (χ3v) is 3.81. The van der Waals surface area contributed by atoms with Crippen molar-refractivity contribution in [1.29, 1.82) is 0 Å². The maximum atomic E-state index is 12.7. The Bertz CT molecular complexity index is 677. The van der Waals surface area contributed by atoms with E-state index in [2.05, 4.69) is 10.1 Å². The minimum absolute atomic E-state index is 0.236. The first-order valence-corrected chi connectivity index (χ1v) is 7.58. The highest BCUT2D eigenvalue weighted by Gasteiger charge is 2.33. The van der Waals surface area contributed by atoms with Crippen LogP contribution in [0.3, 0.4) is 0 Å². The van der Waals surface area contributed by atoms with E-state index in [1.807, 2.05) is 24.3 Å². The molecule has 1 aliphatic rings. The number of halogens is 3. The highest BCUT2D eigenvalue weighted by atomic mass is 19.4. The fraction of sp³-hybridized carbons (Fsp3) is 0.500. The summed E-state index contributed by atoms with van der Waals surface area (Å²) in [6, 6.07) is 7.51. The van der Waals surface area contributed by atoms with Gasteiger partial charge in [-0.15, -0.1) is 0 Å². The van der Waals surface area contributed by atoms with E-state index in [1.165, 1.54) is 0 Å². The third-order valence-electron chi connectivity index (χ3n) is 3.81. The molecule has 1 aromatic carbocycles. The van der Waals surface area contributed by atoms with Crippen molar-refractivity contribution in [2.45, 2.75) is 44.3 Å². The Morgan fingerprint density at radius 1 is 1.26 bits per heavy atom. The number of aryl methyl sites for hydroxylation is 2. The van der Waals surface area contributed by atoms with Gasteiger partial charge in [-0.25, -0.2) is 9.67 Å². The van der Waals surface area contributed by atoms with Gasteiger partial charge in [0.05, 0.1) is 7.11 Å². The van der Waals surface area contributed by atoms with Gasteiger partial charge in [-0.3, -0.25) is 0 Å². The molecule has 23 heavy (non-hydrogen) atoms. The van der Waals surface area contributed by atoms with E-state index in [1.54, 1.807) is 7.11 Å². The second-order valence-corrected chi connectivity index (χ2v) is 5.78. The van der Waals surface area contributed by atoms with Gasteiger partial charge in [0.15, 0.2) is 5.82 Å². The maximum absolute atomic E-state index is 12.7. The second-order valence-electron chi connectivity index (χ2n) is 5.78. The van der Waals surface area contributed by atoms with Crippen LogP contribution < -0.4 is 4.74 Å². The van der Waals surface area contributed by atoms with Gasteiger partial charge in [-0.05, 0) is 37.0 Å². The van der Waals surface area contributed by atoms with Crippen LogP contribution in [0.5, 0.6) is 5.75 Å². The standard InChI is InChI=1S/C16H18F3N3O/c1-23-13-4-2-3-11(9-13)5-8-14-20-15(12-6-7-12)21-22(14)10-16(17,18)19/h2-4,9,12H,5-8,10H2,1H3. The molecule has 2 aromatic rings. The van der Waals surface area contributed by atoms with Crippen LogP contribution in [0.1, 0.15) is 36.0 Å². The number of aromatic nitrogens is 3. The number of alkyl halides is 3. The van der Waals surface area contributed by atoms with Crippen LogP contribution in [0.25, 0.3) is 0 Å². The summed E-state index contributed by atoms with van der Waals surface area (Å²) in [7, 11) is 1.58. The molecule has 3 rings (SSSR count). The number of rotatable bonds is 6. The van der Waals surface area contributed by atoms with E-state index in [-0.39, 0.29) is 5.92 Å². The summed E-state index contributed by atoms with van der Waals surface area (Å²) in [5.41, 5.74) is 0.999. The predicted molar refractivity (Wildman–Crippen MR) is 78.5 cm³/mol. The molecular weight excluding hydrogens is 307 g/mol. The monoisotopic (exact) mass is 325 g/mol. The number of benzene rings is 1. The molecule has 1 fully saturated rings. The largest absolute Gasteiger partial charge is 0.497 e. The average molecular weight is 325 g/mol. The molecule has 1 heterocycles. The van der Waals surface area contributed by atoms with Crippen LogP contribution in [0.15, 0.2) is 24.3 Å². The highest BCUT2D eigenvalue weighted by molar-refractivity contribution is 5.28. The number of methoxy groups -OCH3 is 1. The first-order chi connectivity index (χ1) is 10.9. The second kappa shape index (κ2) is 6.22. The molecule has 0 atom stereocenters. The Kier molecular flexibility index (Phi) is 4.28. The molecule has 0 N–H and O–H groups in total. The lowest BCUT2D eigenvalue weighted by Crippen LogP contribution is -2.21. The molecule has 0 unspecified atom stereocenters. The molecule has 0 radical (unpaired) electrons. The Hall–Kier alpha value is -2.05. The molecule has 0 amide bonds. The Balaban J connectivity index is 1.75. The number of hydrogen-bond donors (Lipinski definition) is 0. The lowest BCUT2D eigenvalue weighted by molar-refractivity contribution is -0.143. The minimum atomic E-state index is -4.29. The SMILES string of the molecule is COc1cccc(CCc2nc(C3CC3)nn2CC(F)(F)F)c1. The van der Waals surface area contributed by atoms with E-state index in [0.29, 0.717) is 24.5 Å². The molecule has 0 saturated heterocycles. The first-order valence-electron chi connectivity index (χ1n) is 7.58. The summed E-state index contributed by atoms with van der Waals surface area (Å²) >= 11 is 0. The van der Waals surface area contributed by atoms with Gasteiger partial charge < -0.3 is 4.74 Å². The van der Waals surface area contributed by atoms with Crippen molar-refractivity contribution in [3.63, 3.8) is 0 Å². The fourth-order valence-electron chi connectivity index (χ4n) is 2.47. The summed E-state index contributed by atoms with van der Waals surface area (Å²) in [4.78, 5) is 4.33. The van der Waals surface area contributed by atoms with Crippen LogP contribution >= 0.6 is 0 Å². The van der Waals surface area contributed by atoms with Crippen LogP contribution in [-0.2, 0) is 19.4 Å². The minimum Gasteiger partial charge on any atom is -0.497 e. The summed E-state index contributed by atoms with van der Waals surface area (Å²) < 4.78 is 44.3. The Labute approximate surface area is 132 Å². The van der Waals surface area contributed by atoms with Crippen LogP contribution in [0, 0.1) is 0 Å². The molecule has 0 spiro atoms. The van der Waals surface area contributed by atoms with Gasteiger partial charge in [-0.1, -0.05) is 12.1 Å². The quantitative estimate of drug-likeness (QED) is 0.816. The van der Waals surface area contributed by atoms with Crippen molar-refractivity contribution < 1.29 is 17.9 Å². The van der Waals surface area contributed by atoms with E-state index >= 15 is 0 Å². The molecule has 1 aromatic heterocycles. The zero-order chi connectivity index (χ0) is 16.4. The molecule has 124 valence electrons. The van der Waals surface area contributed by atoms with E-state index in [9.17, 15) is 13.2 Å². The molecular formula is C16H18F3N3O. The Morgan fingerprint density at radius 3 is 2.70 bits per heavy atom. The van der Waals surface area contributed by atoms with Crippen LogP contribution in [-0.4, -0.2) is 28.1 Å². The molecule has 1 saturated carbocycles. The van der Waals surface area contributed by atoms with Crippen molar-refractivity contribution >= 4 is 0 Å². The lowest BCUT2D eigenvalue weighted by atomic mass is 10.1. The van der Waals surface area contributed by atoms with E-state index in [4.69, 9.17) is 4.74 Å². The van der Waals surface area contributed by atoms with Crippen molar-refractivity contribution in [3.05, 3.63) is 41.5 Å². The Morgan fingerprint density at radius 2 is 2.04 bits per heavy atom. The number of nitrogens with zero attached hydrogens (tertiary/aromatic N) is 3. The van der Waals surface area contributed by atoms with Crippen molar-refractivity contribution in [2.24, 2.45) is 0 Å². The van der Waals surface area contributed by atoms with Crippen molar-refractivity contribution in [2.75, 3.05) is 7.11 Å². The van der Waals surface area contributed by atoms with Crippen molar-refractivity contribution in [3.8, 4) is 5.75 Å². The fourth-order valence-corrected chi connectivity index (χ4v) is 2.47. The highest BCUT2D eigenvalue weighted by Crippen LogP contribution is 2.38. The van der Waals surface area contributed by atoms with Crippen LogP contribution in [0.2, 0.25) is 0 Å². The summed E-state index contributed by atoms with van der Waals surface area (Å²) in [5, 5.41) is 4.06. The van der Waals surface area contributed by atoms with Gasteiger partial charge in [-0.2, -0.15) is 18.3 Å².